The summed E-state index contributed by atoms with van der Waals surface area (Å²) in [6, 6.07) is 8.93. The Morgan fingerprint density at radius 1 is 1.04 bits per heavy atom. The lowest BCUT2D eigenvalue weighted by atomic mass is 10.1. The zero-order chi connectivity index (χ0) is 20.2. The highest BCUT2D eigenvalue weighted by molar-refractivity contribution is 7.90. The number of rotatable bonds is 7. The van der Waals surface area contributed by atoms with Crippen LogP contribution in [0.15, 0.2) is 47.4 Å². The van der Waals surface area contributed by atoms with E-state index in [2.05, 4.69) is 0 Å². The molecule has 0 atom stereocenters. The van der Waals surface area contributed by atoms with Crippen LogP contribution in [0.4, 0.5) is 8.78 Å². The van der Waals surface area contributed by atoms with Crippen molar-refractivity contribution in [3.8, 4) is 0 Å². The van der Waals surface area contributed by atoms with Crippen LogP contribution in [0, 0.1) is 11.6 Å². The molecule has 146 valence electrons. The van der Waals surface area contributed by atoms with Gasteiger partial charge in [-0.1, -0.05) is 12.1 Å². The summed E-state index contributed by atoms with van der Waals surface area (Å²) in [5, 5.41) is 0. The van der Waals surface area contributed by atoms with Gasteiger partial charge in [0, 0.05) is 43.1 Å². The summed E-state index contributed by atoms with van der Waals surface area (Å²) in [6.07, 6.45) is 1.06. The number of likely N-dealkylation sites (N-methyl/N-ethyl adjacent to an activating group) is 1. The smallest absolute Gasteiger partial charge is 0.254 e. The van der Waals surface area contributed by atoms with Crippen molar-refractivity contribution < 1.29 is 22.0 Å². The Morgan fingerprint density at radius 2 is 1.74 bits per heavy atom. The fourth-order valence-corrected chi connectivity index (χ4v) is 3.14. The first-order chi connectivity index (χ1) is 12.6. The van der Waals surface area contributed by atoms with Crippen molar-refractivity contribution in [3.05, 3.63) is 65.2 Å². The minimum Gasteiger partial charge on any atom is -0.333 e. The quantitative estimate of drug-likeness (QED) is 0.722. The lowest BCUT2D eigenvalue weighted by Crippen LogP contribution is -2.36. The molecule has 0 aliphatic rings. The largest absolute Gasteiger partial charge is 0.333 e. The standard InChI is InChI=1S/C19H22F2N2O3S/c1-22(2)9-10-23(13-15-7-8-16(20)12-18(15)21)19(24)14-5-4-6-17(11-14)27(3,25)26/h4-8,11-12H,9-10,13H2,1-3H3. The van der Waals surface area contributed by atoms with E-state index in [1.807, 2.05) is 19.0 Å². The van der Waals surface area contributed by atoms with Crippen LogP contribution in [-0.4, -0.2) is 57.6 Å². The molecule has 5 nitrogen and oxygen atoms in total. The van der Waals surface area contributed by atoms with Crippen LogP contribution >= 0.6 is 0 Å². The first-order valence-electron chi connectivity index (χ1n) is 8.26. The summed E-state index contributed by atoms with van der Waals surface area (Å²) in [5.74, 6) is -1.85. The fourth-order valence-electron chi connectivity index (χ4n) is 2.47. The molecule has 0 fully saturated rings. The number of carbonyl (C=O) groups excluding carboxylic acids is 1. The molecule has 27 heavy (non-hydrogen) atoms. The lowest BCUT2D eigenvalue weighted by Gasteiger charge is -2.25. The van der Waals surface area contributed by atoms with Crippen molar-refractivity contribution in [2.45, 2.75) is 11.4 Å². The zero-order valence-corrected chi connectivity index (χ0v) is 16.3. The molecule has 0 aliphatic carbocycles. The van der Waals surface area contributed by atoms with E-state index < -0.39 is 27.4 Å². The topological polar surface area (TPSA) is 57.7 Å². The molecule has 0 heterocycles. The number of sulfone groups is 1. The van der Waals surface area contributed by atoms with Gasteiger partial charge in [0.1, 0.15) is 11.6 Å². The second-order valence-electron chi connectivity index (χ2n) is 6.57. The number of nitrogens with zero attached hydrogens (tertiary/aromatic N) is 2. The third-order valence-corrected chi connectivity index (χ3v) is 5.10. The molecule has 0 aliphatic heterocycles. The summed E-state index contributed by atoms with van der Waals surface area (Å²) in [6.45, 7) is 0.772. The van der Waals surface area contributed by atoms with Crippen molar-refractivity contribution in [1.29, 1.82) is 0 Å². The summed E-state index contributed by atoms with van der Waals surface area (Å²) in [5.41, 5.74) is 0.377. The number of hydrogen-bond donors (Lipinski definition) is 0. The first-order valence-corrected chi connectivity index (χ1v) is 10.1. The molecule has 0 unspecified atom stereocenters. The van der Waals surface area contributed by atoms with Crippen molar-refractivity contribution in [2.75, 3.05) is 33.4 Å². The highest BCUT2D eigenvalue weighted by Gasteiger charge is 2.20. The molecule has 2 aromatic carbocycles. The number of hydrogen-bond acceptors (Lipinski definition) is 4. The molecule has 1 amide bonds. The molecule has 0 saturated heterocycles. The molecule has 0 N–H and O–H groups in total. The minimum atomic E-state index is -3.46. The summed E-state index contributed by atoms with van der Waals surface area (Å²) in [4.78, 5) is 16.3. The van der Waals surface area contributed by atoms with Crippen LogP contribution in [0.2, 0.25) is 0 Å². The molecule has 0 aromatic heterocycles. The van der Waals surface area contributed by atoms with E-state index in [0.29, 0.717) is 13.1 Å². The molecule has 0 bridgehead atoms. The molecule has 0 spiro atoms. The molecular weight excluding hydrogens is 374 g/mol. The van der Waals surface area contributed by atoms with E-state index in [1.165, 1.54) is 35.2 Å². The minimum absolute atomic E-state index is 0.0360. The number of halogens is 2. The second-order valence-corrected chi connectivity index (χ2v) is 8.58. The van der Waals surface area contributed by atoms with Crippen LogP contribution in [0.25, 0.3) is 0 Å². The van der Waals surface area contributed by atoms with Crippen LogP contribution in [-0.2, 0) is 16.4 Å². The van der Waals surface area contributed by atoms with Gasteiger partial charge in [0.05, 0.1) is 4.90 Å². The Labute approximate surface area is 158 Å². The van der Waals surface area contributed by atoms with Gasteiger partial charge >= 0.3 is 0 Å². The maximum Gasteiger partial charge on any atom is 0.254 e. The summed E-state index contributed by atoms with van der Waals surface area (Å²) < 4.78 is 50.6. The van der Waals surface area contributed by atoms with Crippen LogP contribution in [0.1, 0.15) is 15.9 Å². The lowest BCUT2D eigenvalue weighted by molar-refractivity contribution is 0.0730. The van der Waals surface area contributed by atoms with Gasteiger partial charge in [0.15, 0.2) is 9.84 Å². The maximum absolute atomic E-state index is 14.0. The SMILES string of the molecule is CN(C)CCN(Cc1ccc(F)cc1F)C(=O)c1cccc(S(C)(=O)=O)c1. The monoisotopic (exact) mass is 396 g/mol. The van der Waals surface area contributed by atoms with Gasteiger partial charge in [0.25, 0.3) is 5.91 Å². The fraction of sp³-hybridized carbons (Fsp3) is 0.316. The van der Waals surface area contributed by atoms with Crippen LogP contribution in [0.3, 0.4) is 0 Å². The van der Waals surface area contributed by atoms with Crippen LogP contribution in [0.5, 0.6) is 0 Å². The molecular formula is C19H22F2N2O3S. The predicted octanol–water partition coefficient (Wildman–Crippen LogP) is 2.57. The van der Waals surface area contributed by atoms with E-state index in [1.54, 1.807) is 0 Å². The van der Waals surface area contributed by atoms with E-state index in [9.17, 15) is 22.0 Å². The van der Waals surface area contributed by atoms with Crippen molar-refractivity contribution in [1.82, 2.24) is 9.80 Å². The van der Waals surface area contributed by atoms with Crippen LogP contribution < -0.4 is 0 Å². The average Bonchev–Trinajstić information content (AvgIpc) is 2.59. The first kappa shape index (κ1) is 21.0. The van der Waals surface area contributed by atoms with Gasteiger partial charge in [-0.05, 0) is 38.4 Å². The molecule has 2 rings (SSSR count). The maximum atomic E-state index is 14.0. The predicted molar refractivity (Wildman–Crippen MR) is 99.2 cm³/mol. The highest BCUT2D eigenvalue weighted by Crippen LogP contribution is 2.17. The Kier molecular flexibility index (Phi) is 6.67. The number of amides is 1. The third kappa shape index (κ3) is 5.83. The van der Waals surface area contributed by atoms with Gasteiger partial charge in [0.2, 0.25) is 0 Å². The van der Waals surface area contributed by atoms with E-state index in [-0.39, 0.29) is 22.6 Å². The van der Waals surface area contributed by atoms with Gasteiger partial charge in [-0.2, -0.15) is 0 Å². The second kappa shape index (κ2) is 8.58. The van der Waals surface area contributed by atoms with Crippen molar-refractivity contribution in [2.24, 2.45) is 0 Å². The van der Waals surface area contributed by atoms with Gasteiger partial charge in [-0.25, -0.2) is 17.2 Å². The van der Waals surface area contributed by atoms with Gasteiger partial charge in [-0.15, -0.1) is 0 Å². The van der Waals surface area contributed by atoms with E-state index in [4.69, 9.17) is 0 Å². The van der Waals surface area contributed by atoms with Crippen molar-refractivity contribution >= 4 is 15.7 Å². The zero-order valence-electron chi connectivity index (χ0n) is 15.4. The Balaban J connectivity index is 2.34. The Hall–Kier alpha value is -2.32. The summed E-state index contributed by atoms with van der Waals surface area (Å²) in [7, 11) is 0.216. The molecule has 0 radical (unpaired) electrons. The molecule has 2 aromatic rings. The summed E-state index contributed by atoms with van der Waals surface area (Å²) >= 11 is 0. The Morgan fingerprint density at radius 3 is 2.33 bits per heavy atom. The van der Waals surface area contributed by atoms with Crippen molar-refractivity contribution in [3.63, 3.8) is 0 Å². The molecule has 8 heteroatoms. The highest BCUT2D eigenvalue weighted by atomic mass is 32.2. The van der Waals surface area contributed by atoms with Gasteiger partial charge < -0.3 is 9.80 Å². The van der Waals surface area contributed by atoms with Gasteiger partial charge in [-0.3, -0.25) is 4.79 Å². The molecule has 0 saturated carbocycles. The normalized spacial score (nSPS) is 11.6. The number of carbonyl (C=O) groups is 1. The number of benzene rings is 2. The Bertz CT molecular complexity index is 930. The average molecular weight is 396 g/mol. The van der Waals surface area contributed by atoms with E-state index >= 15 is 0 Å². The third-order valence-electron chi connectivity index (χ3n) is 3.99. The van der Waals surface area contributed by atoms with E-state index in [0.717, 1.165) is 18.4 Å².